The summed E-state index contributed by atoms with van der Waals surface area (Å²) >= 11 is 0. The second kappa shape index (κ2) is 8.96. The highest BCUT2D eigenvalue weighted by Crippen LogP contribution is 2.30. The zero-order chi connectivity index (χ0) is 20.8. The summed E-state index contributed by atoms with van der Waals surface area (Å²) < 4.78 is 0. The van der Waals surface area contributed by atoms with Crippen LogP contribution in [0, 0.1) is 16.0 Å². The Morgan fingerprint density at radius 3 is 2.17 bits per heavy atom. The minimum absolute atomic E-state index is 0.00315. The summed E-state index contributed by atoms with van der Waals surface area (Å²) in [5.74, 6) is -0.811. The number of para-hydroxylation sites is 1. The smallest absolute Gasteiger partial charge is 0.282 e. The van der Waals surface area contributed by atoms with Crippen LogP contribution in [0.4, 0.5) is 11.4 Å². The molecule has 2 aromatic carbocycles. The number of rotatable bonds is 8. The number of amides is 3. The molecule has 2 aromatic rings. The van der Waals surface area contributed by atoms with Crippen LogP contribution in [0.5, 0.6) is 0 Å². The number of anilines is 1. The highest BCUT2D eigenvalue weighted by atomic mass is 16.6. The zero-order valence-electron chi connectivity index (χ0n) is 15.5. The molecule has 1 aliphatic carbocycles. The standard InChI is InChI=1S/C20H20N4O5/c25-18(13-7-9-15(10-8-13)23-19(26)14-5-6-14)21-11-12-22-20(27)16-3-1-2-4-17(16)24(28)29/h1-4,7-10,14H,5-6,11-12H2,(H,21,25)(H,22,27)(H,23,26). The maximum atomic E-state index is 12.2. The molecule has 0 bridgehead atoms. The van der Waals surface area contributed by atoms with Crippen molar-refractivity contribution >= 4 is 29.1 Å². The van der Waals surface area contributed by atoms with Gasteiger partial charge in [-0.1, -0.05) is 12.1 Å². The van der Waals surface area contributed by atoms with Gasteiger partial charge in [0.1, 0.15) is 5.56 Å². The van der Waals surface area contributed by atoms with Gasteiger partial charge in [0.15, 0.2) is 0 Å². The van der Waals surface area contributed by atoms with Crippen LogP contribution >= 0.6 is 0 Å². The van der Waals surface area contributed by atoms with Crippen molar-refractivity contribution in [2.75, 3.05) is 18.4 Å². The Morgan fingerprint density at radius 2 is 1.55 bits per heavy atom. The first-order valence-electron chi connectivity index (χ1n) is 9.16. The number of nitrogens with one attached hydrogen (secondary N) is 3. The van der Waals surface area contributed by atoms with Crippen molar-refractivity contribution < 1.29 is 19.3 Å². The molecule has 0 spiro atoms. The minimum atomic E-state index is -0.618. The molecule has 0 saturated heterocycles. The van der Waals surface area contributed by atoms with Crippen LogP contribution in [0.3, 0.4) is 0 Å². The minimum Gasteiger partial charge on any atom is -0.350 e. The summed E-state index contributed by atoms with van der Waals surface area (Å²) in [6.45, 7) is 0.275. The molecule has 3 amide bonds. The molecule has 0 unspecified atom stereocenters. The Bertz CT molecular complexity index is 938. The van der Waals surface area contributed by atoms with Gasteiger partial charge in [0, 0.05) is 36.3 Å². The van der Waals surface area contributed by atoms with Gasteiger partial charge in [0.05, 0.1) is 4.92 Å². The summed E-state index contributed by atoms with van der Waals surface area (Å²) in [6, 6.07) is 12.2. The maximum absolute atomic E-state index is 12.2. The molecule has 3 rings (SSSR count). The summed E-state index contributed by atoms with van der Waals surface area (Å²) in [5.41, 5.74) is 0.741. The molecular formula is C20H20N4O5. The number of hydrogen-bond donors (Lipinski definition) is 3. The van der Waals surface area contributed by atoms with Gasteiger partial charge in [-0.25, -0.2) is 0 Å². The van der Waals surface area contributed by atoms with Gasteiger partial charge in [0.25, 0.3) is 17.5 Å². The van der Waals surface area contributed by atoms with Crippen molar-refractivity contribution in [2.45, 2.75) is 12.8 Å². The molecule has 0 atom stereocenters. The third-order valence-electron chi connectivity index (χ3n) is 4.40. The van der Waals surface area contributed by atoms with E-state index in [0.29, 0.717) is 11.3 Å². The van der Waals surface area contributed by atoms with Crippen molar-refractivity contribution in [1.29, 1.82) is 0 Å². The average Bonchev–Trinajstić information content (AvgIpc) is 3.57. The number of benzene rings is 2. The Labute approximate surface area is 166 Å². The van der Waals surface area contributed by atoms with Gasteiger partial charge >= 0.3 is 0 Å². The molecule has 9 nitrogen and oxygen atoms in total. The third-order valence-corrected chi connectivity index (χ3v) is 4.40. The molecule has 150 valence electrons. The molecule has 9 heteroatoms. The van der Waals surface area contributed by atoms with Crippen LogP contribution < -0.4 is 16.0 Å². The van der Waals surface area contributed by atoms with E-state index in [-0.39, 0.29) is 42.1 Å². The first kappa shape index (κ1) is 20.0. The van der Waals surface area contributed by atoms with E-state index in [1.807, 2.05) is 0 Å². The lowest BCUT2D eigenvalue weighted by Gasteiger charge is -2.08. The monoisotopic (exact) mass is 396 g/mol. The fourth-order valence-electron chi connectivity index (χ4n) is 2.67. The molecule has 0 radical (unpaired) electrons. The van der Waals surface area contributed by atoms with Gasteiger partial charge < -0.3 is 16.0 Å². The van der Waals surface area contributed by atoms with Gasteiger partial charge in [-0.05, 0) is 43.2 Å². The van der Waals surface area contributed by atoms with Crippen LogP contribution in [0.15, 0.2) is 48.5 Å². The van der Waals surface area contributed by atoms with Crippen LogP contribution in [-0.2, 0) is 4.79 Å². The van der Waals surface area contributed by atoms with Gasteiger partial charge in [-0.2, -0.15) is 0 Å². The van der Waals surface area contributed by atoms with Crippen LogP contribution in [0.25, 0.3) is 0 Å². The lowest BCUT2D eigenvalue weighted by molar-refractivity contribution is -0.385. The molecule has 1 saturated carbocycles. The van der Waals surface area contributed by atoms with E-state index in [1.165, 1.54) is 18.2 Å². The van der Waals surface area contributed by atoms with E-state index in [1.54, 1.807) is 30.3 Å². The number of nitrogens with zero attached hydrogens (tertiary/aromatic N) is 1. The number of carbonyl (C=O) groups excluding carboxylic acids is 3. The Hall–Kier alpha value is -3.75. The van der Waals surface area contributed by atoms with Gasteiger partial charge in [-0.3, -0.25) is 24.5 Å². The quantitative estimate of drug-likeness (QED) is 0.357. The predicted octanol–water partition coefficient (Wildman–Crippen LogP) is 2.10. The van der Waals surface area contributed by atoms with Crippen molar-refractivity contribution in [3.05, 3.63) is 69.8 Å². The average molecular weight is 396 g/mol. The Kier molecular flexibility index (Phi) is 6.18. The molecule has 1 fully saturated rings. The van der Waals surface area contributed by atoms with Crippen LogP contribution in [0.2, 0.25) is 0 Å². The highest BCUT2D eigenvalue weighted by Gasteiger charge is 2.29. The molecule has 1 aliphatic rings. The van der Waals surface area contributed by atoms with Crippen LogP contribution in [0.1, 0.15) is 33.6 Å². The predicted molar refractivity (Wildman–Crippen MR) is 106 cm³/mol. The fraction of sp³-hybridized carbons (Fsp3) is 0.250. The summed E-state index contributed by atoms with van der Waals surface area (Å²) in [5, 5.41) is 19.0. The maximum Gasteiger partial charge on any atom is 0.282 e. The Balaban J connectivity index is 1.44. The zero-order valence-corrected chi connectivity index (χ0v) is 15.5. The molecule has 3 N–H and O–H groups in total. The second-order valence-corrected chi connectivity index (χ2v) is 6.63. The van der Waals surface area contributed by atoms with Gasteiger partial charge in [-0.15, -0.1) is 0 Å². The third kappa shape index (κ3) is 5.38. The largest absolute Gasteiger partial charge is 0.350 e. The van der Waals surface area contributed by atoms with Crippen molar-refractivity contribution in [1.82, 2.24) is 10.6 Å². The van der Waals surface area contributed by atoms with E-state index >= 15 is 0 Å². The lowest BCUT2D eigenvalue weighted by Crippen LogP contribution is -2.34. The highest BCUT2D eigenvalue weighted by molar-refractivity contribution is 5.98. The molecule has 0 aliphatic heterocycles. The fourth-order valence-corrected chi connectivity index (χ4v) is 2.67. The normalized spacial score (nSPS) is 12.7. The second-order valence-electron chi connectivity index (χ2n) is 6.63. The molecule has 0 heterocycles. The van der Waals surface area contributed by atoms with Crippen LogP contribution in [-0.4, -0.2) is 35.7 Å². The SMILES string of the molecule is O=C(NCCNC(=O)c1ccccc1[N+](=O)[O-])c1ccc(NC(=O)C2CC2)cc1. The van der Waals surface area contributed by atoms with E-state index in [4.69, 9.17) is 0 Å². The number of hydrogen-bond acceptors (Lipinski definition) is 5. The molecular weight excluding hydrogens is 376 g/mol. The first-order valence-corrected chi connectivity index (χ1v) is 9.16. The van der Waals surface area contributed by atoms with E-state index in [2.05, 4.69) is 16.0 Å². The summed E-state index contributed by atoms with van der Waals surface area (Å²) in [6.07, 6.45) is 1.83. The van der Waals surface area contributed by atoms with Crippen molar-refractivity contribution in [2.24, 2.45) is 5.92 Å². The molecule has 0 aromatic heterocycles. The Morgan fingerprint density at radius 1 is 0.931 bits per heavy atom. The number of carbonyl (C=O) groups is 3. The van der Waals surface area contributed by atoms with E-state index in [0.717, 1.165) is 12.8 Å². The van der Waals surface area contributed by atoms with E-state index < -0.39 is 10.8 Å². The van der Waals surface area contributed by atoms with Crippen molar-refractivity contribution in [3.63, 3.8) is 0 Å². The first-order chi connectivity index (χ1) is 14.0. The van der Waals surface area contributed by atoms with Gasteiger partial charge in [0.2, 0.25) is 5.91 Å². The number of nitro groups is 1. The van der Waals surface area contributed by atoms with Crippen molar-refractivity contribution in [3.8, 4) is 0 Å². The topological polar surface area (TPSA) is 130 Å². The lowest BCUT2D eigenvalue weighted by atomic mass is 10.1. The summed E-state index contributed by atoms with van der Waals surface area (Å²) in [4.78, 5) is 46.3. The van der Waals surface area contributed by atoms with E-state index in [9.17, 15) is 24.5 Å². The number of nitro benzene ring substituents is 1. The molecule has 29 heavy (non-hydrogen) atoms. The summed E-state index contributed by atoms with van der Waals surface area (Å²) in [7, 11) is 0.